The van der Waals surface area contributed by atoms with Crippen LogP contribution in [0.2, 0.25) is 0 Å². The van der Waals surface area contributed by atoms with Crippen LogP contribution in [0.3, 0.4) is 0 Å². The second-order valence-corrected chi connectivity index (χ2v) is 6.61. The predicted octanol–water partition coefficient (Wildman–Crippen LogP) is 4.36. The number of aromatic nitrogens is 2. The average molecular weight is 439 g/mol. The third kappa shape index (κ3) is 4.39. The summed E-state index contributed by atoms with van der Waals surface area (Å²) >= 11 is 3.16. The molecule has 0 atom stereocenters. The quantitative estimate of drug-likeness (QED) is 0.594. The van der Waals surface area contributed by atoms with Crippen molar-refractivity contribution in [2.75, 3.05) is 0 Å². The Balaban J connectivity index is 1.83. The minimum absolute atomic E-state index is 0.0107. The maximum Gasteiger partial charge on any atom is 0.272 e. The van der Waals surface area contributed by atoms with Gasteiger partial charge in [0, 0.05) is 11.6 Å². The van der Waals surface area contributed by atoms with E-state index < -0.39 is 11.6 Å². The molecule has 0 bridgehead atoms. The lowest BCUT2D eigenvalue weighted by Gasteiger charge is -2.13. The molecule has 140 valence electrons. The highest BCUT2D eigenvalue weighted by molar-refractivity contribution is 9.10. The molecule has 0 aliphatic heterocycles. The Kier molecular flexibility index (Phi) is 5.65. The van der Waals surface area contributed by atoms with E-state index in [2.05, 4.69) is 20.9 Å². The first-order valence-corrected chi connectivity index (χ1v) is 8.72. The van der Waals surface area contributed by atoms with Crippen molar-refractivity contribution in [3.8, 4) is 5.88 Å². The molecule has 0 saturated heterocycles. The molecule has 0 amide bonds. The highest BCUT2D eigenvalue weighted by Crippen LogP contribution is 2.21. The molecule has 1 heterocycles. The van der Waals surface area contributed by atoms with Crippen LogP contribution in [0, 0.1) is 24.4 Å². The Morgan fingerprint density at radius 2 is 1.74 bits per heavy atom. The lowest BCUT2D eigenvalue weighted by Crippen LogP contribution is -2.25. The molecule has 27 heavy (non-hydrogen) atoms. The van der Waals surface area contributed by atoms with Crippen LogP contribution in [0.1, 0.15) is 17.0 Å². The molecule has 0 N–H and O–H groups in total. The van der Waals surface area contributed by atoms with Crippen LogP contribution in [0.15, 0.2) is 51.7 Å². The first-order valence-electron chi connectivity index (χ1n) is 7.93. The van der Waals surface area contributed by atoms with Gasteiger partial charge >= 0.3 is 0 Å². The minimum Gasteiger partial charge on any atom is -0.472 e. The Morgan fingerprint density at radius 3 is 2.41 bits per heavy atom. The van der Waals surface area contributed by atoms with E-state index in [0.29, 0.717) is 5.82 Å². The number of aryl methyl sites for hydroxylation is 1. The van der Waals surface area contributed by atoms with Gasteiger partial charge in [-0.3, -0.25) is 9.36 Å². The number of ether oxygens (including phenoxy) is 1. The molecule has 0 saturated carbocycles. The molecule has 0 aliphatic carbocycles. The zero-order chi connectivity index (χ0) is 19.6. The normalized spacial score (nSPS) is 10.9. The molecular formula is C19H14BrF3N2O2. The van der Waals surface area contributed by atoms with Gasteiger partial charge in [0.25, 0.3) is 5.56 Å². The van der Waals surface area contributed by atoms with E-state index in [0.717, 1.165) is 17.7 Å². The molecule has 8 heteroatoms. The molecule has 2 aromatic carbocycles. The predicted molar refractivity (Wildman–Crippen MR) is 97.1 cm³/mol. The summed E-state index contributed by atoms with van der Waals surface area (Å²) in [5.41, 5.74) is 0.483. The fourth-order valence-corrected chi connectivity index (χ4v) is 2.87. The van der Waals surface area contributed by atoms with Crippen LogP contribution in [-0.2, 0) is 13.2 Å². The largest absolute Gasteiger partial charge is 0.472 e. The molecule has 4 nitrogen and oxygen atoms in total. The summed E-state index contributed by atoms with van der Waals surface area (Å²) in [6.45, 7) is 1.63. The van der Waals surface area contributed by atoms with Crippen molar-refractivity contribution in [1.82, 2.24) is 9.55 Å². The van der Waals surface area contributed by atoms with E-state index in [-0.39, 0.29) is 40.4 Å². The van der Waals surface area contributed by atoms with Crippen LogP contribution in [-0.4, -0.2) is 9.55 Å². The van der Waals surface area contributed by atoms with E-state index in [9.17, 15) is 18.0 Å². The van der Waals surface area contributed by atoms with Gasteiger partial charge in [-0.05, 0) is 52.7 Å². The molecule has 0 radical (unpaired) electrons. The summed E-state index contributed by atoms with van der Waals surface area (Å²) in [6.07, 6.45) is 0. The standard InChI is InChI=1S/C19H14BrF3N2O2/c1-11-24-18(27-10-13-4-7-15(22)8-16(13)23)17(20)19(26)25(11)9-12-2-5-14(21)6-3-12/h2-8H,9-10H2,1H3. The Labute approximate surface area is 161 Å². The van der Waals surface area contributed by atoms with Crippen LogP contribution < -0.4 is 10.3 Å². The topological polar surface area (TPSA) is 44.1 Å². The third-order valence-electron chi connectivity index (χ3n) is 3.91. The van der Waals surface area contributed by atoms with Gasteiger partial charge in [0.15, 0.2) is 0 Å². The average Bonchev–Trinajstić information content (AvgIpc) is 2.63. The second kappa shape index (κ2) is 7.96. The third-order valence-corrected chi connectivity index (χ3v) is 4.59. The fourth-order valence-electron chi connectivity index (χ4n) is 2.45. The van der Waals surface area contributed by atoms with E-state index in [1.807, 2.05) is 0 Å². The summed E-state index contributed by atoms with van der Waals surface area (Å²) in [7, 11) is 0. The van der Waals surface area contributed by atoms with Gasteiger partial charge < -0.3 is 4.74 Å². The van der Waals surface area contributed by atoms with Gasteiger partial charge in [0.05, 0.1) is 6.54 Å². The van der Waals surface area contributed by atoms with Gasteiger partial charge in [-0.1, -0.05) is 12.1 Å². The van der Waals surface area contributed by atoms with E-state index >= 15 is 0 Å². The zero-order valence-electron chi connectivity index (χ0n) is 14.2. The Morgan fingerprint density at radius 1 is 1.07 bits per heavy atom. The highest BCUT2D eigenvalue weighted by atomic mass is 79.9. The second-order valence-electron chi connectivity index (χ2n) is 5.82. The lowest BCUT2D eigenvalue weighted by atomic mass is 10.2. The molecule has 0 aliphatic rings. The molecule has 3 aromatic rings. The van der Waals surface area contributed by atoms with Crippen LogP contribution in [0.4, 0.5) is 13.2 Å². The van der Waals surface area contributed by atoms with Gasteiger partial charge in [-0.15, -0.1) is 0 Å². The van der Waals surface area contributed by atoms with Gasteiger partial charge in [0.1, 0.15) is 34.4 Å². The molecule has 1 aromatic heterocycles. The first-order chi connectivity index (χ1) is 12.8. The minimum atomic E-state index is -0.743. The van der Waals surface area contributed by atoms with Crippen molar-refractivity contribution in [3.05, 3.63) is 91.7 Å². The maximum absolute atomic E-state index is 13.7. The van der Waals surface area contributed by atoms with Crippen molar-refractivity contribution in [3.63, 3.8) is 0 Å². The van der Waals surface area contributed by atoms with Crippen LogP contribution in [0.25, 0.3) is 0 Å². The van der Waals surface area contributed by atoms with Crippen molar-refractivity contribution in [2.45, 2.75) is 20.1 Å². The van der Waals surface area contributed by atoms with E-state index in [4.69, 9.17) is 4.74 Å². The smallest absolute Gasteiger partial charge is 0.272 e. The highest BCUT2D eigenvalue weighted by Gasteiger charge is 2.15. The lowest BCUT2D eigenvalue weighted by molar-refractivity contribution is 0.282. The number of halogens is 4. The van der Waals surface area contributed by atoms with Gasteiger partial charge in [-0.25, -0.2) is 13.2 Å². The number of benzene rings is 2. The van der Waals surface area contributed by atoms with Gasteiger partial charge in [-0.2, -0.15) is 4.98 Å². The first kappa shape index (κ1) is 19.2. The van der Waals surface area contributed by atoms with Crippen molar-refractivity contribution < 1.29 is 17.9 Å². The molecule has 0 spiro atoms. The number of rotatable bonds is 5. The fraction of sp³-hybridized carbons (Fsp3) is 0.158. The monoisotopic (exact) mass is 438 g/mol. The van der Waals surface area contributed by atoms with Gasteiger partial charge in [0.2, 0.25) is 5.88 Å². The van der Waals surface area contributed by atoms with Crippen molar-refractivity contribution in [2.24, 2.45) is 0 Å². The van der Waals surface area contributed by atoms with Crippen LogP contribution >= 0.6 is 15.9 Å². The summed E-state index contributed by atoms with van der Waals surface area (Å²) in [5.74, 6) is -1.40. The SMILES string of the molecule is Cc1nc(OCc2ccc(F)cc2F)c(Br)c(=O)n1Cc1ccc(F)cc1. The Hall–Kier alpha value is -2.61. The van der Waals surface area contributed by atoms with Crippen molar-refractivity contribution >= 4 is 15.9 Å². The molecule has 0 fully saturated rings. The maximum atomic E-state index is 13.7. The Bertz CT molecular complexity index is 1040. The van der Waals surface area contributed by atoms with E-state index in [1.54, 1.807) is 19.1 Å². The number of hydrogen-bond donors (Lipinski definition) is 0. The number of nitrogens with zero attached hydrogens (tertiary/aromatic N) is 2. The summed E-state index contributed by atoms with van der Waals surface area (Å²) in [6, 6.07) is 8.93. The molecular weight excluding hydrogens is 425 g/mol. The van der Waals surface area contributed by atoms with Crippen molar-refractivity contribution in [1.29, 1.82) is 0 Å². The van der Waals surface area contributed by atoms with E-state index in [1.165, 1.54) is 22.8 Å². The molecule has 0 unspecified atom stereocenters. The summed E-state index contributed by atoms with van der Waals surface area (Å²) in [4.78, 5) is 16.8. The molecule has 3 rings (SSSR count). The van der Waals surface area contributed by atoms with Crippen LogP contribution in [0.5, 0.6) is 5.88 Å². The summed E-state index contributed by atoms with van der Waals surface area (Å²) in [5, 5.41) is 0. The number of hydrogen-bond acceptors (Lipinski definition) is 3. The summed E-state index contributed by atoms with van der Waals surface area (Å²) < 4.78 is 46.6. The zero-order valence-corrected chi connectivity index (χ0v) is 15.8.